The maximum atomic E-state index is 12.2. The number of hydrogen-bond acceptors (Lipinski definition) is 2. The van der Waals surface area contributed by atoms with Crippen LogP contribution in [-0.4, -0.2) is 28.1 Å². The van der Waals surface area contributed by atoms with E-state index in [4.69, 9.17) is 4.74 Å². The monoisotopic (exact) mass is 286 g/mol. The summed E-state index contributed by atoms with van der Waals surface area (Å²) in [5.74, 6) is 0. The largest absolute Gasteiger partial charge is 0.444 e. The quantitative estimate of drug-likeness (QED) is 0.801. The van der Waals surface area contributed by atoms with Gasteiger partial charge in [-0.25, -0.2) is 4.79 Å². The summed E-state index contributed by atoms with van der Waals surface area (Å²) in [5, 5.41) is 1.22. The van der Waals surface area contributed by atoms with Crippen LogP contribution in [0.15, 0.2) is 18.2 Å². The highest BCUT2D eigenvalue weighted by atomic mass is 16.6. The van der Waals surface area contributed by atoms with Crippen molar-refractivity contribution in [1.29, 1.82) is 0 Å². The summed E-state index contributed by atoms with van der Waals surface area (Å²) in [5.41, 5.74) is 4.41. The second-order valence-corrected chi connectivity index (χ2v) is 6.78. The van der Waals surface area contributed by atoms with E-state index < -0.39 is 5.60 Å². The lowest BCUT2D eigenvalue weighted by molar-refractivity contribution is 0.0224. The lowest BCUT2D eigenvalue weighted by Crippen LogP contribution is -2.39. The third-order valence-corrected chi connectivity index (χ3v) is 3.78. The molecule has 0 atom stereocenters. The number of aromatic amines is 1. The molecule has 0 fully saturated rings. The average Bonchev–Trinajstić information content (AvgIpc) is 2.74. The van der Waals surface area contributed by atoms with E-state index in [0.717, 1.165) is 11.9 Å². The van der Waals surface area contributed by atoms with Gasteiger partial charge in [-0.1, -0.05) is 11.6 Å². The minimum absolute atomic E-state index is 0.227. The van der Waals surface area contributed by atoms with Crippen molar-refractivity contribution < 1.29 is 9.53 Å². The number of benzene rings is 1. The number of aromatic nitrogens is 1. The van der Waals surface area contributed by atoms with Crippen molar-refractivity contribution in [1.82, 2.24) is 9.88 Å². The minimum atomic E-state index is -0.450. The number of H-pyrrole nitrogens is 1. The Bertz CT molecular complexity index is 695. The fraction of sp³-hybridized carbons (Fsp3) is 0.471. The first-order chi connectivity index (χ1) is 9.83. The van der Waals surface area contributed by atoms with Crippen molar-refractivity contribution in [3.63, 3.8) is 0 Å². The Hall–Kier alpha value is -1.97. The molecule has 4 nitrogen and oxygen atoms in total. The molecule has 0 saturated heterocycles. The van der Waals surface area contributed by atoms with Gasteiger partial charge in [-0.3, -0.25) is 0 Å². The summed E-state index contributed by atoms with van der Waals surface area (Å²) in [7, 11) is 0. The number of aryl methyl sites for hydroxylation is 1. The summed E-state index contributed by atoms with van der Waals surface area (Å²) in [4.78, 5) is 17.5. The van der Waals surface area contributed by atoms with E-state index in [0.29, 0.717) is 13.1 Å². The molecule has 1 aromatic carbocycles. The zero-order valence-corrected chi connectivity index (χ0v) is 13.1. The molecule has 1 aliphatic rings. The molecule has 0 radical (unpaired) electrons. The topological polar surface area (TPSA) is 45.3 Å². The molecule has 4 heteroatoms. The molecule has 0 aliphatic carbocycles. The number of nitrogens with zero attached hydrogens (tertiary/aromatic N) is 1. The van der Waals surface area contributed by atoms with Crippen LogP contribution in [0.1, 0.15) is 37.6 Å². The first kappa shape index (κ1) is 14.0. The van der Waals surface area contributed by atoms with Crippen LogP contribution < -0.4 is 0 Å². The van der Waals surface area contributed by atoms with E-state index in [1.54, 1.807) is 4.90 Å². The molecule has 2 heterocycles. The number of fused-ring (bicyclic) bond motifs is 3. The molecule has 1 aromatic heterocycles. The molecule has 21 heavy (non-hydrogen) atoms. The highest BCUT2D eigenvalue weighted by molar-refractivity contribution is 5.86. The zero-order valence-electron chi connectivity index (χ0n) is 13.1. The van der Waals surface area contributed by atoms with Crippen LogP contribution in [0.3, 0.4) is 0 Å². The zero-order chi connectivity index (χ0) is 15.2. The highest BCUT2D eigenvalue weighted by Gasteiger charge is 2.27. The van der Waals surface area contributed by atoms with Crippen molar-refractivity contribution in [2.24, 2.45) is 0 Å². The predicted molar refractivity (Wildman–Crippen MR) is 83.4 cm³/mol. The van der Waals surface area contributed by atoms with Gasteiger partial charge in [-0.2, -0.15) is 0 Å². The lowest BCUT2D eigenvalue weighted by Gasteiger charge is -2.30. The Morgan fingerprint density at radius 2 is 2.10 bits per heavy atom. The Morgan fingerprint density at radius 1 is 1.33 bits per heavy atom. The van der Waals surface area contributed by atoms with Crippen LogP contribution >= 0.6 is 0 Å². The van der Waals surface area contributed by atoms with E-state index in [2.05, 4.69) is 30.1 Å². The molecular weight excluding hydrogens is 264 g/mol. The summed E-state index contributed by atoms with van der Waals surface area (Å²) >= 11 is 0. The Morgan fingerprint density at radius 3 is 2.81 bits per heavy atom. The number of ether oxygens (including phenoxy) is 1. The fourth-order valence-electron chi connectivity index (χ4n) is 2.81. The maximum Gasteiger partial charge on any atom is 0.410 e. The molecule has 112 valence electrons. The first-order valence-corrected chi connectivity index (χ1v) is 7.41. The minimum Gasteiger partial charge on any atom is -0.444 e. The van der Waals surface area contributed by atoms with Crippen molar-refractivity contribution in [3.05, 3.63) is 35.0 Å². The van der Waals surface area contributed by atoms with E-state index in [-0.39, 0.29) is 6.09 Å². The summed E-state index contributed by atoms with van der Waals surface area (Å²) < 4.78 is 5.48. The predicted octanol–water partition coefficient (Wildman–Crippen LogP) is 3.77. The van der Waals surface area contributed by atoms with Gasteiger partial charge in [0, 0.05) is 35.1 Å². The smallest absolute Gasteiger partial charge is 0.410 e. The number of carbonyl (C=O) groups is 1. The summed E-state index contributed by atoms with van der Waals surface area (Å²) in [6.45, 7) is 9.11. The number of rotatable bonds is 0. The van der Waals surface area contributed by atoms with Gasteiger partial charge < -0.3 is 14.6 Å². The molecule has 0 saturated carbocycles. The molecule has 0 spiro atoms. The van der Waals surface area contributed by atoms with Crippen LogP contribution in [0.4, 0.5) is 4.79 Å². The number of hydrogen-bond donors (Lipinski definition) is 1. The van der Waals surface area contributed by atoms with Gasteiger partial charge in [0.15, 0.2) is 0 Å². The third-order valence-electron chi connectivity index (χ3n) is 3.78. The molecule has 3 rings (SSSR count). The van der Waals surface area contributed by atoms with Crippen LogP contribution in [0.2, 0.25) is 0 Å². The van der Waals surface area contributed by atoms with E-state index in [1.807, 2.05) is 20.8 Å². The SMILES string of the molecule is Cc1ccc2[nH]c3c(c2c1)CN(C(=O)OC(C)(C)C)CC3. The molecule has 1 N–H and O–H groups in total. The van der Waals surface area contributed by atoms with Gasteiger partial charge >= 0.3 is 6.09 Å². The number of carbonyl (C=O) groups excluding carboxylic acids is 1. The van der Waals surface area contributed by atoms with E-state index in [1.165, 1.54) is 22.2 Å². The van der Waals surface area contributed by atoms with Crippen LogP contribution in [-0.2, 0) is 17.7 Å². The molecule has 1 amide bonds. The fourth-order valence-corrected chi connectivity index (χ4v) is 2.81. The molecular formula is C17H22N2O2. The van der Waals surface area contributed by atoms with Crippen molar-refractivity contribution in [2.45, 2.75) is 46.3 Å². The molecule has 0 unspecified atom stereocenters. The molecule has 1 aliphatic heterocycles. The van der Waals surface area contributed by atoms with E-state index in [9.17, 15) is 4.79 Å². The number of amides is 1. The van der Waals surface area contributed by atoms with Gasteiger partial charge in [-0.05, 0) is 39.8 Å². The van der Waals surface area contributed by atoms with Crippen LogP contribution in [0.25, 0.3) is 10.9 Å². The second kappa shape index (κ2) is 4.79. The standard InChI is InChI=1S/C17H22N2O2/c1-11-5-6-14-12(9-11)13-10-19(8-7-15(13)18-14)16(20)21-17(2,3)4/h5-6,9,18H,7-8,10H2,1-4H3. The molecule has 2 aromatic rings. The highest BCUT2D eigenvalue weighted by Crippen LogP contribution is 2.29. The normalized spacial score (nSPS) is 15.1. The number of nitrogens with one attached hydrogen (secondary N) is 1. The molecule has 0 bridgehead atoms. The van der Waals surface area contributed by atoms with Crippen molar-refractivity contribution >= 4 is 17.0 Å². The second-order valence-electron chi connectivity index (χ2n) is 6.78. The average molecular weight is 286 g/mol. The first-order valence-electron chi connectivity index (χ1n) is 7.41. The van der Waals surface area contributed by atoms with Crippen LogP contribution in [0, 0.1) is 6.92 Å². The van der Waals surface area contributed by atoms with Crippen molar-refractivity contribution in [2.75, 3.05) is 6.54 Å². The Kier molecular flexibility index (Phi) is 3.19. The van der Waals surface area contributed by atoms with Gasteiger partial charge in [0.1, 0.15) is 5.60 Å². The van der Waals surface area contributed by atoms with Gasteiger partial charge in [0.25, 0.3) is 0 Å². The maximum absolute atomic E-state index is 12.2. The summed E-state index contributed by atoms with van der Waals surface area (Å²) in [6.07, 6.45) is 0.623. The lowest BCUT2D eigenvalue weighted by atomic mass is 10.0. The van der Waals surface area contributed by atoms with Gasteiger partial charge in [0.05, 0.1) is 6.54 Å². The Labute approximate surface area is 125 Å². The van der Waals surface area contributed by atoms with E-state index >= 15 is 0 Å². The summed E-state index contributed by atoms with van der Waals surface area (Å²) in [6, 6.07) is 6.40. The van der Waals surface area contributed by atoms with Crippen molar-refractivity contribution in [3.8, 4) is 0 Å². The third kappa shape index (κ3) is 2.75. The van der Waals surface area contributed by atoms with Gasteiger partial charge in [0.2, 0.25) is 0 Å². The van der Waals surface area contributed by atoms with Crippen LogP contribution in [0.5, 0.6) is 0 Å². The Balaban J connectivity index is 1.89. The van der Waals surface area contributed by atoms with Gasteiger partial charge in [-0.15, -0.1) is 0 Å².